The summed E-state index contributed by atoms with van der Waals surface area (Å²) in [5, 5.41) is 2.57. The van der Waals surface area contributed by atoms with Crippen molar-refractivity contribution in [1.29, 1.82) is 0 Å². The van der Waals surface area contributed by atoms with Gasteiger partial charge in [-0.15, -0.1) is 24.5 Å². The van der Waals surface area contributed by atoms with Gasteiger partial charge in [-0.1, -0.05) is 0 Å². The first-order valence-corrected chi connectivity index (χ1v) is 11.0. The summed E-state index contributed by atoms with van der Waals surface area (Å²) in [5.41, 5.74) is 2.73. The Morgan fingerprint density at radius 1 is 1.12 bits per heavy atom. The Hall–Kier alpha value is -3.27. The Kier molecular flexibility index (Phi) is 6.46. The third-order valence-corrected chi connectivity index (χ3v) is 6.16. The highest BCUT2D eigenvalue weighted by Crippen LogP contribution is 2.35. The molecule has 4 rings (SSSR count). The Morgan fingerprint density at radius 3 is 2.64 bits per heavy atom. The van der Waals surface area contributed by atoms with Crippen LogP contribution in [0.1, 0.15) is 17.7 Å². The van der Waals surface area contributed by atoms with E-state index in [2.05, 4.69) is 9.72 Å². The van der Waals surface area contributed by atoms with Gasteiger partial charge in [0, 0.05) is 23.2 Å². The van der Waals surface area contributed by atoms with Crippen LogP contribution in [0.15, 0.2) is 41.8 Å². The monoisotopic (exact) mass is 478 g/mol. The number of aromatic nitrogens is 1. The van der Waals surface area contributed by atoms with Gasteiger partial charge in [0.05, 0.1) is 26.3 Å². The van der Waals surface area contributed by atoms with Crippen molar-refractivity contribution in [3.05, 3.63) is 53.0 Å². The number of amides is 1. The summed E-state index contributed by atoms with van der Waals surface area (Å²) >= 11 is 1.42. The van der Waals surface area contributed by atoms with E-state index in [4.69, 9.17) is 9.47 Å². The fourth-order valence-electron chi connectivity index (χ4n) is 3.77. The molecule has 174 valence electrons. The number of benzene rings is 2. The minimum Gasteiger partial charge on any atom is -0.493 e. The third-order valence-electron chi connectivity index (χ3n) is 5.22. The number of halogens is 3. The lowest BCUT2D eigenvalue weighted by atomic mass is 10.0. The smallest absolute Gasteiger partial charge is 0.493 e. The maximum absolute atomic E-state index is 13.0. The van der Waals surface area contributed by atoms with Gasteiger partial charge in [-0.2, -0.15) is 0 Å². The normalized spacial score (nSPS) is 13.4. The predicted molar refractivity (Wildman–Crippen MR) is 118 cm³/mol. The summed E-state index contributed by atoms with van der Waals surface area (Å²) in [5.74, 6) is 0.751. The first kappa shape index (κ1) is 22.9. The lowest BCUT2D eigenvalue weighted by Gasteiger charge is -2.29. The topological polar surface area (TPSA) is 60.9 Å². The largest absolute Gasteiger partial charge is 0.573 e. The second-order valence-corrected chi connectivity index (χ2v) is 8.24. The molecule has 0 bridgehead atoms. The van der Waals surface area contributed by atoms with Gasteiger partial charge in [0.15, 0.2) is 11.5 Å². The number of aryl methyl sites for hydroxylation is 1. The van der Waals surface area contributed by atoms with Gasteiger partial charge >= 0.3 is 6.36 Å². The molecule has 0 N–H and O–H groups in total. The lowest BCUT2D eigenvalue weighted by molar-refractivity contribution is -0.274. The highest BCUT2D eigenvalue weighted by atomic mass is 32.1. The van der Waals surface area contributed by atoms with Crippen molar-refractivity contribution < 1.29 is 32.2 Å². The zero-order chi connectivity index (χ0) is 23.6. The molecule has 1 aromatic heterocycles. The molecule has 0 spiro atoms. The van der Waals surface area contributed by atoms with E-state index in [9.17, 15) is 18.0 Å². The van der Waals surface area contributed by atoms with Crippen molar-refractivity contribution in [2.45, 2.75) is 25.6 Å². The number of rotatable bonds is 6. The van der Waals surface area contributed by atoms with Crippen LogP contribution in [0.3, 0.4) is 0 Å². The molecule has 2 heterocycles. The molecule has 0 atom stereocenters. The zero-order valence-corrected chi connectivity index (χ0v) is 18.8. The summed E-state index contributed by atoms with van der Waals surface area (Å²) < 4.78 is 52.2. The number of carbonyl (C=O) groups is 1. The molecule has 6 nitrogen and oxygen atoms in total. The molecule has 33 heavy (non-hydrogen) atoms. The molecule has 0 fully saturated rings. The molecule has 0 saturated heterocycles. The van der Waals surface area contributed by atoms with E-state index in [0.717, 1.165) is 10.6 Å². The van der Waals surface area contributed by atoms with Crippen LogP contribution >= 0.6 is 11.3 Å². The molecule has 1 aliphatic heterocycles. The molecule has 3 aromatic rings. The number of hydrogen-bond acceptors (Lipinski definition) is 6. The number of carbonyl (C=O) groups excluding carboxylic acids is 1. The molecule has 0 saturated carbocycles. The molecule has 0 aliphatic carbocycles. The Bertz CT molecular complexity index is 1160. The van der Waals surface area contributed by atoms with Gasteiger partial charge in [-0.3, -0.25) is 4.79 Å². The van der Waals surface area contributed by atoms with Crippen LogP contribution < -0.4 is 19.1 Å². The second kappa shape index (κ2) is 9.30. The summed E-state index contributed by atoms with van der Waals surface area (Å²) in [6.07, 6.45) is -3.44. The molecule has 0 unspecified atom stereocenters. The van der Waals surface area contributed by atoms with Crippen LogP contribution in [0.5, 0.6) is 17.2 Å². The zero-order valence-electron chi connectivity index (χ0n) is 17.9. The fraction of sp³-hybridized carbons (Fsp3) is 0.304. The SMILES string of the molecule is COc1ccc(-c2nc(CC(=O)N3CCCc4cc(OC(F)(F)F)ccc43)cs2)cc1OC. The Labute approximate surface area is 192 Å². The highest BCUT2D eigenvalue weighted by Gasteiger charge is 2.32. The van der Waals surface area contributed by atoms with E-state index in [1.165, 1.54) is 29.5 Å². The third kappa shape index (κ3) is 5.22. The van der Waals surface area contributed by atoms with Crippen molar-refractivity contribution in [1.82, 2.24) is 4.98 Å². The minimum absolute atomic E-state index is 0.0873. The second-order valence-electron chi connectivity index (χ2n) is 7.38. The van der Waals surface area contributed by atoms with Crippen molar-refractivity contribution in [2.24, 2.45) is 0 Å². The molecule has 10 heteroatoms. The van der Waals surface area contributed by atoms with Gasteiger partial charge in [0.2, 0.25) is 5.91 Å². The molecule has 2 aromatic carbocycles. The average Bonchev–Trinajstić information content (AvgIpc) is 3.25. The van der Waals surface area contributed by atoms with Crippen LogP contribution in [-0.2, 0) is 17.6 Å². The summed E-state index contributed by atoms with van der Waals surface area (Å²) in [4.78, 5) is 19.2. The quantitative estimate of drug-likeness (QED) is 0.485. The first-order chi connectivity index (χ1) is 15.8. The standard InChI is InChI=1S/C23H21F3N2O4S/c1-30-19-8-5-15(11-20(19)31-2)22-27-16(13-33-22)12-21(29)28-9-3-4-14-10-17(6-7-18(14)28)32-23(24,25)26/h5-8,10-11,13H,3-4,9,12H2,1-2H3. The predicted octanol–water partition coefficient (Wildman–Crippen LogP) is 5.25. The minimum atomic E-state index is -4.76. The van der Waals surface area contributed by atoms with E-state index >= 15 is 0 Å². The van der Waals surface area contributed by atoms with E-state index in [-0.39, 0.29) is 18.1 Å². The molecular formula is C23H21F3N2O4S. The molecule has 1 aliphatic rings. The number of hydrogen-bond donors (Lipinski definition) is 0. The van der Waals surface area contributed by atoms with E-state index < -0.39 is 6.36 Å². The average molecular weight is 478 g/mol. The van der Waals surface area contributed by atoms with Crippen LogP contribution in [0.2, 0.25) is 0 Å². The first-order valence-electron chi connectivity index (χ1n) is 10.1. The van der Waals surface area contributed by atoms with Crippen LogP contribution in [-0.4, -0.2) is 38.0 Å². The maximum Gasteiger partial charge on any atom is 0.573 e. The lowest BCUT2D eigenvalue weighted by Crippen LogP contribution is -2.36. The highest BCUT2D eigenvalue weighted by molar-refractivity contribution is 7.13. The fourth-order valence-corrected chi connectivity index (χ4v) is 4.59. The van der Waals surface area contributed by atoms with Crippen LogP contribution in [0, 0.1) is 0 Å². The van der Waals surface area contributed by atoms with Gasteiger partial charge in [0.1, 0.15) is 10.8 Å². The van der Waals surface area contributed by atoms with Gasteiger partial charge in [-0.05, 0) is 54.8 Å². The summed E-state index contributed by atoms with van der Waals surface area (Å²) in [7, 11) is 3.12. The number of fused-ring (bicyclic) bond motifs is 1. The van der Waals surface area contributed by atoms with Gasteiger partial charge < -0.3 is 19.1 Å². The molecule has 0 radical (unpaired) electrons. The van der Waals surface area contributed by atoms with Gasteiger partial charge in [0.25, 0.3) is 0 Å². The number of nitrogens with zero attached hydrogens (tertiary/aromatic N) is 2. The maximum atomic E-state index is 13.0. The summed E-state index contributed by atoms with van der Waals surface area (Å²) in [6.45, 7) is 0.498. The number of thiazole rings is 1. The van der Waals surface area contributed by atoms with E-state index in [1.807, 2.05) is 17.5 Å². The number of anilines is 1. The van der Waals surface area contributed by atoms with Crippen molar-refractivity contribution in [3.8, 4) is 27.8 Å². The molecular weight excluding hydrogens is 457 g/mol. The number of alkyl halides is 3. The number of methoxy groups -OCH3 is 2. The van der Waals surface area contributed by atoms with Crippen molar-refractivity contribution in [3.63, 3.8) is 0 Å². The van der Waals surface area contributed by atoms with Crippen LogP contribution in [0.4, 0.5) is 18.9 Å². The van der Waals surface area contributed by atoms with E-state index in [1.54, 1.807) is 25.2 Å². The Morgan fingerprint density at radius 2 is 1.91 bits per heavy atom. The molecule has 1 amide bonds. The Balaban J connectivity index is 1.50. The van der Waals surface area contributed by atoms with Crippen LogP contribution in [0.25, 0.3) is 10.6 Å². The van der Waals surface area contributed by atoms with E-state index in [0.29, 0.717) is 47.8 Å². The number of ether oxygens (including phenoxy) is 3. The van der Waals surface area contributed by atoms with Crippen molar-refractivity contribution in [2.75, 3.05) is 25.7 Å². The summed E-state index contributed by atoms with van der Waals surface area (Å²) in [6, 6.07) is 9.57. The van der Waals surface area contributed by atoms with Crippen molar-refractivity contribution >= 4 is 22.9 Å². The van der Waals surface area contributed by atoms with Gasteiger partial charge in [-0.25, -0.2) is 4.98 Å².